The van der Waals surface area contributed by atoms with Gasteiger partial charge in [-0.2, -0.15) is 0 Å². The second kappa shape index (κ2) is 8.02. The number of rotatable bonds is 6. The van der Waals surface area contributed by atoms with Gasteiger partial charge in [0.1, 0.15) is 0 Å². The van der Waals surface area contributed by atoms with Crippen LogP contribution >= 0.6 is 0 Å². The van der Waals surface area contributed by atoms with Crippen molar-refractivity contribution in [2.45, 2.75) is 12.2 Å². The first-order valence-electron chi connectivity index (χ1n) is 6.95. The van der Waals surface area contributed by atoms with E-state index in [1.165, 1.54) is 0 Å². The minimum atomic E-state index is -3.07. The van der Waals surface area contributed by atoms with Gasteiger partial charge in [0.25, 0.3) is 0 Å². The third-order valence-corrected chi connectivity index (χ3v) is 4.58. The summed E-state index contributed by atoms with van der Waals surface area (Å²) < 4.78 is 24.1. The molecule has 0 N–H and O–H groups in total. The zero-order valence-corrected chi connectivity index (χ0v) is 14.1. The number of guanidine groups is 1. The molecule has 0 aliphatic carbocycles. The average molecular weight is 311 g/mol. The van der Waals surface area contributed by atoms with Crippen molar-refractivity contribution in [3.63, 3.8) is 0 Å². The van der Waals surface area contributed by atoms with Crippen molar-refractivity contribution in [3.05, 3.63) is 35.9 Å². The Morgan fingerprint density at radius 3 is 2.14 bits per heavy atom. The minimum Gasteiger partial charge on any atom is -0.349 e. The van der Waals surface area contributed by atoms with Gasteiger partial charge >= 0.3 is 0 Å². The maximum atomic E-state index is 12.0. The molecular formula is C15H25N3O2S. The predicted molar refractivity (Wildman–Crippen MR) is 88.2 cm³/mol. The van der Waals surface area contributed by atoms with Crippen molar-refractivity contribution in [3.8, 4) is 0 Å². The van der Waals surface area contributed by atoms with E-state index >= 15 is 0 Å². The highest BCUT2D eigenvalue weighted by atomic mass is 32.2. The third-order valence-electron chi connectivity index (χ3n) is 2.90. The summed E-state index contributed by atoms with van der Waals surface area (Å²) in [5, 5.41) is 0. The molecule has 0 unspecified atom stereocenters. The summed E-state index contributed by atoms with van der Waals surface area (Å²) in [5.41, 5.74) is 0.836. The molecule has 21 heavy (non-hydrogen) atoms. The SMILES string of the molecule is CN(C)C(=NCCCS(=O)(=O)Cc1ccccc1)N(C)C. The molecule has 0 amide bonds. The van der Waals surface area contributed by atoms with Gasteiger partial charge in [0, 0.05) is 34.7 Å². The quantitative estimate of drug-likeness (QED) is 0.453. The fourth-order valence-corrected chi connectivity index (χ4v) is 3.46. The highest BCUT2D eigenvalue weighted by Crippen LogP contribution is 2.07. The highest BCUT2D eigenvalue weighted by Gasteiger charge is 2.11. The smallest absolute Gasteiger partial charge is 0.195 e. The molecular weight excluding hydrogens is 286 g/mol. The summed E-state index contributed by atoms with van der Waals surface area (Å²) in [7, 11) is 4.62. The van der Waals surface area contributed by atoms with E-state index in [1.54, 1.807) is 0 Å². The molecule has 6 heteroatoms. The third kappa shape index (κ3) is 6.62. The molecule has 0 aliphatic rings. The van der Waals surface area contributed by atoms with Gasteiger partial charge in [-0.25, -0.2) is 8.42 Å². The lowest BCUT2D eigenvalue weighted by atomic mass is 10.2. The summed E-state index contributed by atoms with van der Waals surface area (Å²) in [5.74, 6) is 1.11. The first-order chi connectivity index (χ1) is 9.82. The van der Waals surface area contributed by atoms with Crippen molar-refractivity contribution < 1.29 is 8.42 Å². The van der Waals surface area contributed by atoms with Crippen LogP contribution in [0, 0.1) is 0 Å². The molecule has 5 nitrogen and oxygen atoms in total. The van der Waals surface area contributed by atoms with Crippen molar-refractivity contribution in [1.82, 2.24) is 9.80 Å². The van der Waals surface area contributed by atoms with Gasteiger partial charge in [-0.3, -0.25) is 4.99 Å². The fourth-order valence-electron chi connectivity index (χ4n) is 2.05. The van der Waals surface area contributed by atoms with Crippen LogP contribution < -0.4 is 0 Å². The summed E-state index contributed by atoms with van der Waals surface area (Å²) >= 11 is 0. The summed E-state index contributed by atoms with van der Waals surface area (Å²) in [6.45, 7) is 0.514. The molecule has 1 rings (SSSR count). The zero-order valence-electron chi connectivity index (χ0n) is 13.3. The van der Waals surface area contributed by atoms with Crippen LogP contribution in [0.1, 0.15) is 12.0 Å². The molecule has 1 aromatic rings. The second-order valence-corrected chi connectivity index (χ2v) is 7.59. The Morgan fingerprint density at radius 1 is 1.05 bits per heavy atom. The van der Waals surface area contributed by atoms with Gasteiger partial charge in [-0.1, -0.05) is 30.3 Å². The first-order valence-corrected chi connectivity index (χ1v) is 8.77. The maximum absolute atomic E-state index is 12.0. The maximum Gasteiger partial charge on any atom is 0.195 e. The molecule has 0 aromatic heterocycles. The van der Waals surface area contributed by atoms with E-state index in [2.05, 4.69) is 4.99 Å². The molecule has 0 radical (unpaired) electrons. The molecule has 0 spiro atoms. The summed E-state index contributed by atoms with van der Waals surface area (Å²) in [6, 6.07) is 9.28. The van der Waals surface area contributed by atoms with E-state index in [-0.39, 0.29) is 11.5 Å². The van der Waals surface area contributed by atoms with E-state index in [0.717, 1.165) is 11.5 Å². The fraction of sp³-hybridized carbons (Fsp3) is 0.533. The van der Waals surface area contributed by atoms with Gasteiger partial charge in [0.15, 0.2) is 15.8 Å². The first kappa shape index (κ1) is 17.5. The van der Waals surface area contributed by atoms with Crippen molar-refractivity contribution >= 4 is 15.8 Å². The number of hydrogen-bond acceptors (Lipinski definition) is 3. The number of benzene rings is 1. The lowest BCUT2D eigenvalue weighted by Crippen LogP contribution is -2.35. The van der Waals surface area contributed by atoms with E-state index in [1.807, 2.05) is 68.3 Å². The molecule has 0 aliphatic heterocycles. The predicted octanol–water partition coefficient (Wildman–Crippen LogP) is 1.47. The van der Waals surface area contributed by atoms with Crippen LogP contribution in [0.25, 0.3) is 0 Å². The van der Waals surface area contributed by atoms with Gasteiger partial charge in [0.05, 0.1) is 11.5 Å². The van der Waals surface area contributed by atoms with E-state index in [9.17, 15) is 8.42 Å². The Labute approximate surface area is 128 Å². The van der Waals surface area contributed by atoms with Crippen LogP contribution in [0.2, 0.25) is 0 Å². The van der Waals surface area contributed by atoms with Gasteiger partial charge in [0.2, 0.25) is 0 Å². The van der Waals surface area contributed by atoms with Crippen molar-refractivity contribution in [1.29, 1.82) is 0 Å². The second-order valence-electron chi connectivity index (χ2n) is 5.40. The molecule has 0 bridgehead atoms. The number of aliphatic imine (C=N–C) groups is 1. The normalized spacial score (nSPS) is 11.0. The molecule has 118 valence electrons. The zero-order chi connectivity index (χ0) is 15.9. The number of hydrogen-bond donors (Lipinski definition) is 0. The Bertz CT molecular complexity index is 542. The van der Waals surface area contributed by atoms with E-state index < -0.39 is 9.84 Å². The topological polar surface area (TPSA) is 53.0 Å². The lowest BCUT2D eigenvalue weighted by Gasteiger charge is -2.22. The van der Waals surface area contributed by atoms with Crippen LogP contribution in [0.15, 0.2) is 35.3 Å². The molecule has 0 saturated heterocycles. The van der Waals surface area contributed by atoms with Gasteiger partial charge in [-0.15, -0.1) is 0 Å². The van der Waals surface area contributed by atoms with Crippen LogP contribution in [0.4, 0.5) is 0 Å². The minimum absolute atomic E-state index is 0.103. The lowest BCUT2D eigenvalue weighted by molar-refractivity contribution is 0.479. The summed E-state index contributed by atoms with van der Waals surface area (Å²) in [4.78, 5) is 8.27. The van der Waals surface area contributed by atoms with Crippen LogP contribution in [0.3, 0.4) is 0 Å². The van der Waals surface area contributed by atoms with Crippen LogP contribution in [0.5, 0.6) is 0 Å². The van der Waals surface area contributed by atoms with Crippen LogP contribution in [-0.2, 0) is 15.6 Å². The highest BCUT2D eigenvalue weighted by molar-refractivity contribution is 7.90. The van der Waals surface area contributed by atoms with E-state index in [0.29, 0.717) is 13.0 Å². The van der Waals surface area contributed by atoms with Crippen LogP contribution in [-0.4, -0.2) is 64.7 Å². The van der Waals surface area contributed by atoms with E-state index in [4.69, 9.17) is 0 Å². The Kier molecular flexibility index (Phi) is 6.68. The van der Waals surface area contributed by atoms with Gasteiger partial charge in [-0.05, 0) is 12.0 Å². The number of sulfone groups is 1. The monoisotopic (exact) mass is 311 g/mol. The Morgan fingerprint density at radius 2 is 1.62 bits per heavy atom. The standard InChI is InChI=1S/C15H25N3O2S/c1-17(2)15(18(3)4)16-11-8-12-21(19,20)13-14-9-6-5-7-10-14/h5-7,9-10H,8,11-13H2,1-4H3. The molecule has 0 heterocycles. The molecule has 0 saturated carbocycles. The van der Waals surface area contributed by atoms with Crippen molar-refractivity contribution in [2.24, 2.45) is 4.99 Å². The summed E-state index contributed by atoms with van der Waals surface area (Å²) in [6.07, 6.45) is 0.542. The molecule has 0 atom stereocenters. The van der Waals surface area contributed by atoms with Gasteiger partial charge < -0.3 is 9.80 Å². The molecule has 1 aromatic carbocycles. The van der Waals surface area contributed by atoms with Crippen molar-refractivity contribution in [2.75, 3.05) is 40.5 Å². The number of nitrogens with zero attached hydrogens (tertiary/aromatic N) is 3. The Balaban J connectivity index is 2.49. The molecule has 0 fully saturated rings. The Hall–Kier alpha value is -1.56. The average Bonchev–Trinajstić information content (AvgIpc) is 2.38. The largest absolute Gasteiger partial charge is 0.349 e.